The summed E-state index contributed by atoms with van der Waals surface area (Å²) in [6.45, 7) is 20.7. The van der Waals surface area contributed by atoms with E-state index < -0.39 is 0 Å². The first-order valence-corrected chi connectivity index (χ1v) is 10.1. The normalized spacial score (nSPS) is 26.6. The molecule has 0 saturated heterocycles. The number of hydrogen-bond acceptors (Lipinski definition) is 1. The lowest BCUT2D eigenvalue weighted by atomic mass is 9.61. The number of rotatable bonds is 8. The average Bonchev–Trinajstić information content (AvgIpc) is 2.65. The van der Waals surface area contributed by atoms with Gasteiger partial charge in [-0.05, 0) is 74.1 Å². The lowest BCUT2D eigenvalue weighted by molar-refractivity contribution is 0.185. The van der Waals surface area contributed by atoms with Crippen LogP contribution >= 0.6 is 0 Å². The van der Waals surface area contributed by atoms with Gasteiger partial charge in [0.15, 0.2) is 0 Å². The minimum absolute atomic E-state index is 0.302. The smallest absolute Gasteiger partial charge is 0.0233 e. The molecule has 1 aliphatic rings. The van der Waals surface area contributed by atoms with Gasteiger partial charge in [-0.15, -0.1) is 6.58 Å². The van der Waals surface area contributed by atoms with Gasteiger partial charge in [0.1, 0.15) is 0 Å². The first kappa shape index (κ1) is 20.0. The van der Waals surface area contributed by atoms with E-state index in [2.05, 4.69) is 76.1 Å². The van der Waals surface area contributed by atoms with Crippen molar-refractivity contribution in [2.75, 3.05) is 13.1 Å². The summed E-state index contributed by atoms with van der Waals surface area (Å²) in [5.41, 5.74) is 4.54. The highest BCUT2D eigenvalue weighted by atomic mass is 15.1. The largest absolute Gasteiger partial charge is 0.300 e. The van der Waals surface area contributed by atoms with Gasteiger partial charge in [-0.25, -0.2) is 0 Å². The monoisotopic (exact) mass is 339 g/mol. The summed E-state index contributed by atoms with van der Waals surface area (Å²) >= 11 is 0. The van der Waals surface area contributed by atoms with Crippen molar-refractivity contribution in [2.45, 2.75) is 65.8 Å². The maximum atomic E-state index is 4.30. The Morgan fingerprint density at radius 3 is 2.32 bits per heavy atom. The van der Waals surface area contributed by atoms with Crippen molar-refractivity contribution in [2.24, 2.45) is 11.3 Å². The Morgan fingerprint density at radius 1 is 1.20 bits per heavy atom. The van der Waals surface area contributed by atoms with E-state index in [1.54, 1.807) is 0 Å². The molecule has 1 heteroatoms. The summed E-state index contributed by atoms with van der Waals surface area (Å²) in [5, 5.41) is 0. The van der Waals surface area contributed by atoms with Gasteiger partial charge in [-0.2, -0.15) is 0 Å². The fraction of sp³-hybridized carbons (Fsp3) is 0.583. The van der Waals surface area contributed by atoms with Crippen molar-refractivity contribution >= 4 is 0 Å². The van der Waals surface area contributed by atoms with Gasteiger partial charge >= 0.3 is 0 Å². The van der Waals surface area contributed by atoms with Crippen LogP contribution in [0.2, 0.25) is 0 Å². The van der Waals surface area contributed by atoms with Gasteiger partial charge in [0.05, 0.1) is 0 Å². The fourth-order valence-corrected chi connectivity index (χ4v) is 4.49. The number of nitrogens with zero attached hydrogens (tertiary/aromatic N) is 1. The Morgan fingerprint density at radius 2 is 1.84 bits per heavy atom. The van der Waals surface area contributed by atoms with Crippen LogP contribution in [0, 0.1) is 11.3 Å². The summed E-state index contributed by atoms with van der Waals surface area (Å²) < 4.78 is 0. The molecule has 0 aromatic heterocycles. The SMILES string of the molecule is C=C[C@]1(CC)CC[C@@H](C(=C)C)[C@H](c2ccc(CN(CC)CC)cc2)C1. The van der Waals surface area contributed by atoms with Gasteiger partial charge < -0.3 is 0 Å². The van der Waals surface area contributed by atoms with E-state index in [4.69, 9.17) is 0 Å². The summed E-state index contributed by atoms with van der Waals surface area (Å²) in [5.74, 6) is 1.18. The van der Waals surface area contributed by atoms with Crippen LogP contribution in [0.4, 0.5) is 0 Å². The van der Waals surface area contributed by atoms with Crippen LogP contribution in [-0.2, 0) is 6.54 Å². The van der Waals surface area contributed by atoms with E-state index in [0.29, 0.717) is 17.3 Å². The molecule has 1 aromatic rings. The van der Waals surface area contributed by atoms with Crippen LogP contribution in [0.1, 0.15) is 70.4 Å². The van der Waals surface area contributed by atoms with Gasteiger partial charge in [-0.1, -0.05) is 63.3 Å². The Balaban J connectivity index is 2.22. The number of benzene rings is 1. The van der Waals surface area contributed by atoms with Crippen molar-refractivity contribution in [3.8, 4) is 0 Å². The summed E-state index contributed by atoms with van der Waals surface area (Å²) in [6.07, 6.45) is 7.11. The minimum Gasteiger partial charge on any atom is -0.300 e. The van der Waals surface area contributed by atoms with Crippen LogP contribution < -0.4 is 0 Å². The van der Waals surface area contributed by atoms with Gasteiger partial charge in [0, 0.05) is 6.54 Å². The lowest BCUT2D eigenvalue weighted by Gasteiger charge is -2.43. The van der Waals surface area contributed by atoms with Crippen LogP contribution in [0.15, 0.2) is 49.1 Å². The zero-order valence-electron chi connectivity index (χ0n) is 16.9. The number of hydrogen-bond donors (Lipinski definition) is 0. The van der Waals surface area contributed by atoms with Crippen molar-refractivity contribution in [3.63, 3.8) is 0 Å². The summed E-state index contributed by atoms with van der Waals surface area (Å²) in [7, 11) is 0. The average molecular weight is 340 g/mol. The second-order valence-electron chi connectivity index (χ2n) is 7.93. The molecule has 1 fully saturated rings. The molecule has 1 aromatic carbocycles. The zero-order chi connectivity index (χ0) is 18.4. The Hall–Kier alpha value is -1.34. The molecule has 0 radical (unpaired) electrons. The van der Waals surface area contributed by atoms with E-state index in [-0.39, 0.29) is 0 Å². The third-order valence-electron chi connectivity index (χ3n) is 6.54. The van der Waals surface area contributed by atoms with E-state index in [0.717, 1.165) is 19.6 Å². The molecular formula is C24H37N. The Kier molecular flexibility index (Phi) is 7.07. The van der Waals surface area contributed by atoms with Crippen LogP contribution in [0.5, 0.6) is 0 Å². The molecule has 0 N–H and O–H groups in total. The summed E-state index contributed by atoms with van der Waals surface area (Å²) in [6, 6.07) is 9.40. The van der Waals surface area contributed by atoms with Crippen molar-refractivity contribution < 1.29 is 0 Å². The van der Waals surface area contributed by atoms with Crippen molar-refractivity contribution in [1.29, 1.82) is 0 Å². The molecule has 0 unspecified atom stereocenters. The standard InChI is InChI=1S/C24H37N/c1-7-24(8-2)16-15-22(19(5)6)23(17-24)21-13-11-20(12-14-21)18-25(9-3)10-4/h7,11-14,22-23H,1,5,8-10,15-18H2,2-4,6H3/t22-,23-,24-/m0/s1. The first-order chi connectivity index (χ1) is 12.0. The van der Waals surface area contributed by atoms with Crippen molar-refractivity contribution in [3.05, 3.63) is 60.2 Å². The maximum absolute atomic E-state index is 4.30. The molecule has 1 saturated carbocycles. The molecule has 0 bridgehead atoms. The molecule has 25 heavy (non-hydrogen) atoms. The van der Waals surface area contributed by atoms with Crippen LogP contribution in [0.25, 0.3) is 0 Å². The molecule has 0 amide bonds. The first-order valence-electron chi connectivity index (χ1n) is 10.1. The molecule has 1 aliphatic carbocycles. The highest BCUT2D eigenvalue weighted by molar-refractivity contribution is 5.29. The molecule has 0 spiro atoms. The second-order valence-corrected chi connectivity index (χ2v) is 7.93. The molecule has 0 heterocycles. The zero-order valence-corrected chi connectivity index (χ0v) is 16.9. The third-order valence-corrected chi connectivity index (χ3v) is 6.54. The molecular weight excluding hydrogens is 302 g/mol. The highest BCUT2D eigenvalue weighted by Crippen LogP contribution is 2.51. The molecule has 138 valence electrons. The Bertz CT molecular complexity index is 566. The van der Waals surface area contributed by atoms with E-state index in [1.807, 2.05) is 0 Å². The minimum atomic E-state index is 0.302. The lowest BCUT2D eigenvalue weighted by Crippen LogP contribution is -2.31. The predicted octanol–water partition coefficient (Wildman–Crippen LogP) is 6.57. The summed E-state index contributed by atoms with van der Waals surface area (Å²) in [4.78, 5) is 2.46. The molecule has 2 rings (SSSR count). The van der Waals surface area contributed by atoms with E-state index >= 15 is 0 Å². The predicted molar refractivity (Wildman–Crippen MR) is 111 cm³/mol. The topological polar surface area (TPSA) is 3.24 Å². The quantitative estimate of drug-likeness (QED) is 0.484. The maximum Gasteiger partial charge on any atom is 0.0233 e. The number of allylic oxidation sites excluding steroid dienone is 2. The van der Waals surface area contributed by atoms with Crippen LogP contribution in [0.3, 0.4) is 0 Å². The Labute approximate surface area is 155 Å². The highest BCUT2D eigenvalue weighted by Gasteiger charge is 2.38. The van der Waals surface area contributed by atoms with E-state index in [1.165, 1.54) is 42.4 Å². The molecule has 3 atom stereocenters. The van der Waals surface area contributed by atoms with Gasteiger partial charge in [0.25, 0.3) is 0 Å². The van der Waals surface area contributed by atoms with E-state index in [9.17, 15) is 0 Å². The van der Waals surface area contributed by atoms with Crippen LogP contribution in [-0.4, -0.2) is 18.0 Å². The van der Waals surface area contributed by atoms with Gasteiger partial charge in [-0.3, -0.25) is 4.90 Å². The van der Waals surface area contributed by atoms with Gasteiger partial charge in [0.2, 0.25) is 0 Å². The molecule has 0 aliphatic heterocycles. The third kappa shape index (κ3) is 4.64. The second kappa shape index (κ2) is 8.85. The fourth-order valence-electron chi connectivity index (χ4n) is 4.49. The molecule has 1 nitrogen and oxygen atoms in total. The van der Waals surface area contributed by atoms with Crippen molar-refractivity contribution in [1.82, 2.24) is 4.90 Å².